The lowest BCUT2D eigenvalue weighted by molar-refractivity contribution is -0.384. The van der Waals surface area contributed by atoms with Gasteiger partial charge >= 0.3 is 0 Å². The molecule has 7 nitrogen and oxygen atoms in total. The first-order chi connectivity index (χ1) is 10.6. The van der Waals surface area contributed by atoms with Crippen molar-refractivity contribution < 1.29 is 4.92 Å². The molecule has 1 fully saturated rings. The van der Waals surface area contributed by atoms with Crippen LogP contribution in [0.5, 0.6) is 0 Å². The van der Waals surface area contributed by atoms with E-state index in [1.807, 2.05) is 7.05 Å². The topological polar surface area (TPSA) is 84.2 Å². The molecule has 0 amide bonds. The highest BCUT2D eigenvalue weighted by molar-refractivity contribution is 5.78. The number of nitrogens with zero attached hydrogens (tertiary/aromatic N) is 4. The number of nitro groups is 1. The van der Waals surface area contributed by atoms with Crippen LogP contribution in [0.4, 0.5) is 11.5 Å². The molecule has 0 aliphatic carbocycles. The number of rotatable bonds is 4. The summed E-state index contributed by atoms with van der Waals surface area (Å²) in [5.41, 5.74) is 1.26. The van der Waals surface area contributed by atoms with E-state index in [9.17, 15) is 10.1 Å². The number of non-ortho nitro benzene ring substituents is 1. The van der Waals surface area contributed by atoms with E-state index in [1.54, 1.807) is 12.3 Å². The molecular weight excluding hydrogens is 282 g/mol. The zero-order chi connectivity index (χ0) is 15.5. The first kappa shape index (κ1) is 14.6. The van der Waals surface area contributed by atoms with Crippen LogP contribution < -0.4 is 10.2 Å². The second-order valence-electron chi connectivity index (χ2n) is 5.75. The molecule has 7 heteroatoms. The summed E-state index contributed by atoms with van der Waals surface area (Å²) >= 11 is 0. The Labute approximate surface area is 128 Å². The molecule has 0 saturated carbocycles. The maximum atomic E-state index is 10.8. The van der Waals surface area contributed by atoms with Gasteiger partial charge in [-0.25, -0.2) is 4.98 Å². The minimum atomic E-state index is -0.419. The van der Waals surface area contributed by atoms with Gasteiger partial charge in [0.1, 0.15) is 5.82 Å². The molecule has 1 aliphatic heterocycles. The molecule has 1 saturated heterocycles. The third-order valence-corrected chi connectivity index (χ3v) is 4.05. The van der Waals surface area contributed by atoms with Crippen LogP contribution in [0.25, 0.3) is 11.0 Å². The largest absolute Gasteiger partial charge is 0.358 e. The number of nitro benzene ring substituents is 1. The Bertz CT molecular complexity index is 685. The van der Waals surface area contributed by atoms with Crippen LogP contribution in [0, 0.1) is 16.0 Å². The molecule has 1 unspecified atom stereocenters. The number of fused-ring (bicyclic) bond motifs is 1. The molecule has 22 heavy (non-hydrogen) atoms. The van der Waals surface area contributed by atoms with Crippen molar-refractivity contribution in [2.45, 2.75) is 12.8 Å². The highest BCUT2D eigenvalue weighted by Crippen LogP contribution is 2.21. The summed E-state index contributed by atoms with van der Waals surface area (Å²) in [6, 6.07) is 4.57. The highest BCUT2D eigenvalue weighted by atomic mass is 16.6. The molecule has 3 rings (SSSR count). The minimum Gasteiger partial charge on any atom is -0.358 e. The van der Waals surface area contributed by atoms with Crippen molar-refractivity contribution in [3.8, 4) is 0 Å². The van der Waals surface area contributed by atoms with E-state index < -0.39 is 4.92 Å². The van der Waals surface area contributed by atoms with E-state index in [1.165, 1.54) is 25.0 Å². The number of benzene rings is 1. The SMILES string of the molecule is CN(CC1CCCNC1)c1cnc2cc([N+](=O)[O-])ccc2n1. The van der Waals surface area contributed by atoms with Crippen molar-refractivity contribution in [1.29, 1.82) is 0 Å². The summed E-state index contributed by atoms with van der Waals surface area (Å²) in [5, 5.41) is 14.2. The van der Waals surface area contributed by atoms with E-state index in [0.29, 0.717) is 17.0 Å². The lowest BCUT2D eigenvalue weighted by Crippen LogP contribution is -2.37. The molecular formula is C15H19N5O2. The molecule has 2 aromatic rings. The normalized spacial score (nSPS) is 18.3. The van der Waals surface area contributed by atoms with Crippen LogP contribution in [-0.4, -0.2) is 41.6 Å². The number of aromatic nitrogens is 2. The Morgan fingerprint density at radius 2 is 2.32 bits per heavy atom. The maximum absolute atomic E-state index is 10.8. The van der Waals surface area contributed by atoms with E-state index >= 15 is 0 Å². The lowest BCUT2D eigenvalue weighted by atomic mass is 9.99. The summed E-state index contributed by atoms with van der Waals surface area (Å²) in [7, 11) is 2.01. The maximum Gasteiger partial charge on any atom is 0.271 e. The molecule has 1 aromatic heterocycles. The van der Waals surface area contributed by atoms with Crippen molar-refractivity contribution in [2.24, 2.45) is 5.92 Å². The number of piperidine rings is 1. The Morgan fingerprint density at radius 1 is 1.45 bits per heavy atom. The quantitative estimate of drug-likeness (QED) is 0.686. The molecule has 0 bridgehead atoms. The Hall–Kier alpha value is -2.28. The van der Waals surface area contributed by atoms with Gasteiger partial charge in [-0.1, -0.05) is 0 Å². The van der Waals surface area contributed by atoms with Crippen LogP contribution in [0.3, 0.4) is 0 Å². The van der Waals surface area contributed by atoms with Crippen LogP contribution in [0.1, 0.15) is 12.8 Å². The van der Waals surface area contributed by atoms with Gasteiger partial charge < -0.3 is 10.2 Å². The summed E-state index contributed by atoms with van der Waals surface area (Å²) in [4.78, 5) is 21.3. The minimum absolute atomic E-state index is 0.0381. The van der Waals surface area contributed by atoms with E-state index in [0.717, 1.165) is 25.5 Å². The lowest BCUT2D eigenvalue weighted by Gasteiger charge is -2.28. The molecule has 116 valence electrons. The van der Waals surface area contributed by atoms with Crippen LogP contribution >= 0.6 is 0 Å². The zero-order valence-electron chi connectivity index (χ0n) is 12.5. The van der Waals surface area contributed by atoms with Gasteiger partial charge in [0.15, 0.2) is 0 Å². The number of anilines is 1. The summed E-state index contributed by atoms with van der Waals surface area (Å²) in [5.74, 6) is 1.42. The fourth-order valence-corrected chi connectivity index (χ4v) is 2.85. The van der Waals surface area contributed by atoms with Crippen LogP contribution in [0.15, 0.2) is 24.4 Å². The standard InChI is InChI=1S/C15H19N5O2/c1-19(10-11-3-2-6-16-8-11)15-9-17-14-7-12(20(21)22)4-5-13(14)18-15/h4-5,7,9,11,16H,2-3,6,8,10H2,1H3. The van der Waals surface area contributed by atoms with Gasteiger partial charge in [0.05, 0.1) is 22.2 Å². The van der Waals surface area contributed by atoms with Crippen LogP contribution in [0.2, 0.25) is 0 Å². The number of hydrogen-bond acceptors (Lipinski definition) is 6. The van der Waals surface area contributed by atoms with Gasteiger partial charge in [-0.05, 0) is 37.9 Å². The summed E-state index contributed by atoms with van der Waals surface area (Å²) < 4.78 is 0. The van der Waals surface area contributed by atoms with Crippen molar-refractivity contribution in [2.75, 3.05) is 31.6 Å². The molecule has 0 spiro atoms. The van der Waals surface area contributed by atoms with Gasteiger partial charge in [-0.2, -0.15) is 0 Å². The molecule has 1 aromatic carbocycles. The van der Waals surface area contributed by atoms with Crippen molar-refractivity contribution in [1.82, 2.24) is 15.3 Å². The van der Waals surface area contributed by atoms with E-state index in [4.69, 9.17) is 0 Å². The van der Waals surface area contributed by atoms with Crippen molar-refractivity contribution >= 4 is 22.5 Å². The first-order valence-electron chi connectivity index (χ1n) is 7.46. The van der Waals surface area contributed by atoms with Crippen LogP contribution in [-0.2, 0) is 0 Å². The van der Waals surface area contributed by atoms with Gasteiger partial charge in [0, 0.05) is 25.7 Å². The van der Waals surface area contributed by atoms with Crippen molar-refractivity contribution in [3.05, 3.63) is 34.5 Å². The monoisotopic (exact) mass is 301 g/mol. The highest BCUT2D eigenvalue weighted by Gasteiger charge is 2.16. The Balaban J connectivity index is 1.78. The molecule has 1 aliphatic rings. The number of nitrogens with one attached hydrogen (secondary N) is 1. The average molecular weight is 301 g/mol. The van der Waals surface area contributed by atoms with Gasteiger partial charge in [0.2, 0.25) is 0 Å². The number of hydrogen-bond donors (Lipinski definition) is 1. The molecule has 1 N–H and O–H groups in total. The predicted octanol–water partition coefficient (Wildman–Crippen LogP) is 1.97. The summed E-state index contributed by atoms with van der Waals surface area (Å²) in [6.07, 6.45) is 4.12. The van der Waals surface area contributed by atoms with Gasteiger partial charge in [-0.3, -0.25) is 15.1 Å². The fraction of sp³-hybridized carbons (Fsp3) is 0.467. The second-order valence-corrected chi connectivity index (χ2v) is 5.75. The zero-order valence-corrected chi connectivity index (χ0v) is 12.5. The average Bonchev–Trinajstić information content (AvgIpc) is 2.54. The molecule has 1 atom stereocenters. The first-order valence-corrected chi connectivity index (χ1v) is 7.46. The Morgan fingerprint density at radius 3 is 3.05 bits per heavy atom. The third-order valence-electron chi connectivity index (χ3n) is 4.05. The van der Waals surface area contributed by atoms with Gasteiger partial charge in [-0.15, -0.1) is 0 Å². The van der Waals surface area contributed by atoms with Crippen molar-refractivity contribution in [3.63, 3.8) is 0 Å². The Kier molecular flexibility index (Phi) is 4.15. The predicted molar refractivity (Wildman–Crippen MR) is 85.1 cm³/mol. The molecule has 0 radical (unpaired) electrons. The second kappa shape index (κ2) is 6.23. The van der Waals surface area contributed by atoms with Gasteiger partial charge in [0.25, 0.3) is 5.69 Å². The summed E-state index contributed by atoms with van der Waals surface area (Å²) in [6.45, 7) is 3.08. The van der Waals surface area contributed by atoms with E-state index in [-0.39, 0.29) is 5.69 Å². The molecule has 2 heterocycles. The fourth-order valence-electron chi connectivity index (χ4n) is 2.85. The third kappa shape index (κ3) is 3.14. The smallest absolute Gasteiger partial charge is 0.271 e. The van der Waals surface area contributed by atoms with E-state index in [2.05, 4.69) is 20.2 Å².